The number of likely N-dealkylation sites (tertiary alicyclic amines) is 1. The first kappa shape index (κ1) is 21.4. The molecule has 29 heavy (non-hydrogen) atoms. The van der Waals surface area contributed by atoms with Gasteiger partial charge in [-0.15, -0.1) is 0 Å². The number of carbonyl (C=O) groups excluding carboxylic acids is 2. The highest BCUT2D eigenvalue weighted by Crippen LogP contribution is 2.26. The molecule has 1 saturated heterocycles. The molecule has 3 amide bonds. The van der Waals surface area contributed by atoms with Gasteiger partial charge in [-0.05, 0) is 63.6 Å². The molecule has 1 atom stereocenters. The second-order valence-electron chi connectivity index (χ2n) is 9.11. The van der Waals surface area contributed by atoms with E-state index in [0.717, 1.165) is 42.4 Å². The number of allylic oxidation sites excluding steroid dienone is 1. The summed E-state index contributed by atoms with van der Waals surface area (Å²) in [5.74, 6) is 0.00614. The molecule has 5 heteroatoms. The van der Waals surface area contributed by atoms with Crippen molar-refractivity contribution in [2.75, 3.05) is 6.54 Å². The van der Waals surface area contributed by atoms with Gasteiger partial charge in [0, 0.05) is 12.6 Å². The van der Waals surface area contributed by atoms with E-state index >= 15 is 0 Å². The fraction of sp³-hybridized carbons (Fsp3) is 0.583. The molecule has 1 heterocycles. The fourth-order valence-corrected chi connectivity index (χ4v) is 4.41. The Hall–Kier alpha value is -2.30. The first-order valence-corrected chi connectivity index (χ1v) is 10.9. The van der Waals surface area contributed by atoms with Gasteiger partial charge in [-0.25, -0.2) is 4.79 Å². The number of rotatable bonds is 5. The predicted molar refractivity (Wildman–Crippen MR) is 117 cm³/mol. The lowest BCUT2D eigenvalue weighted by molar-refractivity contribution is -0.125. The van der Waals surface area contributed by atoms with E-state index in [1.54, 1.807) is 4.90 Å². The molecular formula is C24H35N3O2. The van der Waals surface area contributed by atoms with Crippen molar-refractivity contribution in [2.24, 2.45) is 0 Å². The van der Waals surface area contributed by atoms with Crippen molar-refractivity contribution in [1.82, 2.24) is 15.5 Å². The van der Waals surface area contributed by atoms with Crippen LogP contribution in [0.4, 0.5) is 4.79 Å². The van der Waals surface area contributed by atoms with Crippen LogP contribution >= 0.6 is 0 Å². The Morgan fingerprint density at radius 1 is 1.10 bits per heavy atom. The molecule has 1 aromatic rings. The van der Waals surface area contributed by atoms with E-state index in [9.17, 15) is 9.59 Å². The van der Waals surface area contributed by atoms with E-state index in [1.807, 2.05) is 39.0 Å². The van der Waals surface area contributed by atoms with Gasteiger partial charge in [-0.3, -0.25) is 4.79 Å². The molecule has 2 N–H and O–H groups in total. The van der Waals surface area contributed by atoms with E-state index in [2.05, 4.69) is 23.3 Å². The van der Waals surface area contributed by atoms with Gasteiger partial charge in [-0.1, -0.05) is 49.6 Å². The van der Waals surface area contributed by atoms with Gasteiger partial charge in [0.2, 0.25) is 5.91 Å². The van der Waals surface area contributed by atoms with Gasteiger partial charge < -0.3 is 15.5 Å². The van der Waals surface area contributed by atoms with Crippen molar-refractivity contribution in [1.29, 1.82) is 0 Å². The maximum Gasteiger partial charge on any atom is 0.318 e. The topological polar surface area (TPSA) is 61.4 Å². The standard InChI is InChI=1S/C24H35N3O2/c1-17(2)18-10-8-11-19(16-18)24(3,4)26-23(29)27-15-9-14-21(27)22(28)25-20-12-6-5-7-13-20/h8,10-11,16,20-21H,1,5-7,9,12-15H2,2-4H3,(H,25,28)(H,26,29)/t21-/m0/s1. The first-order chi connectivity index (χ1) is 13.8. The van der Waals surface area contributed by atoms with Crippen molar-refractivity contribution in [3.05, 3.63) is 42.0 Å². The zero-order valence-electron chi connectivity index (χ0n) is 18.1. The first-order valence-electron chi connectivity index (χ1n) is 10.9. The van der Waals surface area contributed by atoms with Gasteiger partial charge in [-0.2, -0.15) is 0 Å². The Morgan fingerprint density at radius 3 is 2.52 bits per heavy atom. The highest BCUT2D eigenvalue weighted by molar-refractivity contribution is 5.88. The molecule has 1 aromatic carbocycles. The molecule has 0 bridgehead atoms. The Kier molecular flexibility index (Phi) is 6.66. The van der Waals surface area contributed by atoms with Crippen molar-refractivity contribution >= 4 is 17.5 Å². The molecule has 2 aliphatic rings. The summed E-state index contributed by atoms with van der Waals surface area (Å²) in [6.45, 7) is 10.6. The van der Waals surface area contributed by atoms with Crippen molar-refractivity contribution in [3.63, 3.8) is 0 Å². The molecule has 3 rings (SSSR count). The maximum atomic E-state index is 13.1. The lowest BCUT2D eigenvalue weighted by Crippen LogP contribution is -2.54. The third kappa shape index (κ3) is 5.20. The molecule has 0 radical (unpaired) electrons. The SMILES string of the molecule is C=C(C)c1cccc(C(C)(C)NC(=O)N2CCC[C@H]2C(=O)NC2CCCCC2)c1. The fourth-order valence-electron chi connectivity index (χ4n) is 4.41. The summed E-state index contributed by atoms with van der Waals surface area (Å²) in [6, 6.07) is 7.83. The summed E-state index contributed by atoms with van der Waals surface area (Å²) in [6.07, 6.45) is 7.31. The highest BCUT2D eigenvalue weighted by Gasteiger charge is 2.37. The van der Waals surface area contributed by atoms with Crippen LogP contribution in [0.3, 0.4) is 0 Å². The second kappa shape index (κ2) is 9.02. The molecule has 2 fully saturated rings. The smallest absolute Gasteiger partial charge is 0.318 e. The second-order valence-corrected chi connectivity index (χ2v) is 9.11. The van der Waals surface area contributed by atoms with E-state index in [0.29, 0.717) is 6.54 Å². The number of nitrogens with zero attached hydrogens (tertiary/aromatic N) is 1. The molecule has 1 aliphatic heterocycles. The Balaban J connectivity index is 1.65. The third-order valence-corrected chi connectivity index (χ3v) is 6.26. The summed E-state index contributed by atoms with van der Waals surface area (Å²) in [5, 5.41) is 6.34. The van der Waals surface area contributed by atoms with Crippen molar-refractivity contribution < 1.29 is 9.59 Å². The van der Waals surface area contributed by atoms with E-state index in [4.69, 9.17) is 0 Å². The molecular weight excluding hydrogens is 362 g/mol. The number of urea groups is 1. The Bertz CT molecular complexity index is 765. The van der Waals surface area contributed by atoms with Crippen LogP contribution < -0.4 is 10.6 Å². The quantitative estimate of drug-likeness (QED) is 0.764. The number of amides is 3. The summed E-state index contributed by atoms with van der Waals surface area (Å²) < 4.78 is 0. The summed E-state index contributed by atoms with van der Waals surface area (Å²) in [4.78, 5) is 27.6. The van der Waals surface area contributed by atoms with Crippen LogP contribution in [-0.2, 0) is 10.3 Å². The highest BCUT2D eigenvalue weighted by atomic mass is 16.2. The van der Waals surface area contributed by atoms with Crippen LogP contribution in [0, 0.1) is 0 Å². The Labute approximate surface area is 174 Å². The van der Waals surface area contributed by atoms with Gasteiger partial charge >= 0.3 is 6.03 Å². The van der Waals surface area contributed by atoms with Crippen LogP contribution in [-0.4, -0.2) is 35.5 Å². The zero-order valence-corrected chi connectivity index (χ0v) is 18.1. The molecule has 1 aliphatic carbocycles. The van der Waals surface area contributed by atoms with E-state index in [1.165, 1.54) is 19.3 Å². The van der Waals surface area contributed by atoms with Crippen LogP contribution in [0.2, 0.25) is 0 Å². The minimum Gasteiger partial charge on any atom is -0.352 e. The molecule has 0 aromatic heterocycles. The monoisotopic (exact) mass is 397 g/mol. The number of benzene rings is 1. The predicted octanol–water partition coefficient (Wildman–Crippen LogP) is 4.58. The van der Waals surface area contributed by atoms with Crippen LogP contribution in [0.5, 0.6) is 0 Å². The van der Waals surface area contributed by atoms with Crippen LogP contribution in [0.25, 0.3) is 5.57 Å². The number of nitrogens with one attached hydrogen (secondary N) is 2. The number of hydrogen-bond donors (Lipinski definition) is 2. The minimum absolute atomic E-state index is 0.00614. The zero-order chi connectivity index (χ0) is 21.0. The summed E-state index contributed by atoms with van der Waals surface area (Å²) in [5.41, 5.74) is 2.53. The molecule has 0 unspecified atom stereocenters. The van der Waals surface area contributed by atoms with Gasteiger partial charge in [0.1, 0.15) is 6.04 Å². The van der Waals surface area contributed by atoms with E-state index < -0.39 is 5.54 Å². The molecule has 0 spiro atoms. The number of carbonyl (C=O) groups is 2. The Morgan fingerprint density at radius 2 is 1.83 bits per heavy atom. The van der Waals surface area contributed by atoms with Gasteiger partial charge in [0.15, 0.2) is 0 Å². The van der Waals surface area contributed by atoms with Crippen LogP contribution in [0.1, 0.15) is 76.8 Å². The van der Waals surface area contributed by atoms with Gasteiger partial charge in [0.25, 0.3) is 0 Å². The third-order valence-electron chi connectivity index (χ3n) is 6.26. The summed E-state index contributed by atoms with van der Waals surface area (Å²) in [7, 11) is 0. The van der Waals surface area contributed by atoms with Crippen molar-refractivity contribution in [3.8, 4) is 0 Å². The largest absolute Gasteiger partial charge is 0.352 e. The molecule has 1 saturated carbocycles. The lowest BCUT2D eigenvalue weighted by atomic mass is 9.92. The van der Waals surface area contributed by atoms with Crippen molar-refractivity contribution in [2.45, 2.75) is 83.3 Å². The normalized spacial score (nSPS) is 20.4. The molecule has 158 valence electrons. The summed E-state index contributed by atoms with van der Waals surface area (Å²) >= 11 is 0. The van der Waals surface area contributed by atoms with Crippen LogP contribution in [0.15, 0.2) is 30.8 Å². The number of hydrogen-bond acceptors (Lipinski definition) is 2. The maximum absolute atomic E-state index is 13.1. The minimum atomic E-state index is -0.546. The lowest BCUT2D eigenvalue weighted by Gasteiger charge is -2.33. The molecule has 5 nitrogen and oxygen atoms in total. The van der Waals surface area contributed by atoms with E-state index in [-0.39, 0.29) is 24.0 Å². The average Bonchev–Trinajstić information content (AvgIpc) is 3.19. The van der Waals surface area contributed by atoms with Gasteiger partial charge in [0.05, 0.1) is 5.54 Å². The average molecular weight is 398 g/mol.